The number of hydrogen-bond acceptors (Lipinski definition) is 11. The normalized spacial score (nSPS) is 14.4. The lowest BCUT2D eigenvalue weighted by molar-refractivity contribution is -0.384. The molecule has 0 unspecified atom stereocenters. The fourth-order valence-corrected chi connectivity index (χ4v) is 7.56. The highest BCUT2D eigenvalue weighted by atomic mass is 35.5. The van der Waals surface area contributed by atoms with E-state index in [1.54, 1.807) is 36.5 Å². The lowest BCUT2D eigenvalue weighted by atomic mass is 9.99. The zero-order chi connectivity index (χ0) is 39.1. The summed E-state index contributed by atoms with van der Waals surface area (Å²) >= 11 is 6.13. The van der Waals surface area contributed by atoms with E-state index in [-0.39, 0.29) is 23.5 Å². The van der Waals surface area contributed by atoms with Gasteiger partial charge in [-0.25, -0.2) is 13.1 Å². The quantitative estimate of drug-likeness (QED) is 0.0904. The summed E-state index contributed by atoms with van der Waals surface area (Å²) in [7, 11) is -4.55. The summed E-state index contributed by atoms with van der Waals surface area (Å²) in [6.07, 6.45) is 8.13. The number of piperazine rings is 1. The van der Waals surface area contributed by atoms with Crippen LogP contribution in [0.25, 0.3) is 11.1 Å². The summed E-state index contributed by atoms with van der Waals surface area (Å²) in [5, 5.41) is 15.6. The Morgan fingerprint density at radius 1 is 0.964 bits per heavy atom. The second-order valence-electron chi connectivity index (χ2n) is 13.0. The number of pyridine rings is 1. The highest BCUT2D eigenvalue weighted by Crippen LogP contribution is 2.33. The first-order valence-electron chi connectivity index (χ1n) is 17.7. The van der Waals surface area contributed by atoms with Gasteiger partial charge in [-0.15, -0.1) is 0 Å². The number of rotatable bonds is 13. The fraction of sp³-hybridized carbons (Fsp3) is 0.171. The van der Waals surface area contributed by atoms with Gasteiger partial charge in [0.25, 0.3) is 21.6 Å². The second kappa shape index (κ2) is 17.1. The molecule has 1 amide bonds. The molecule has 56 heavy (non-hydrogen) atoms. The molecule has 2 aliphatic rings. The number of amides is 1. The maximum absolute atomic E-state index is 13.7. The van der Waals surface area contributed by atoms with Crippen molar-refractivity contribution in [3.05, 3.63) is 160 Å². The highest BCUT2D eigenvalue weighted by molar-refractivity contribution is 7.90. The van der Waals surface area contributed by atoms with Crippen molar-refractivity contribution >= 4 is 44.6 Å². The van der Waals surface area contributed by atoms with Gasteiger partial charge in [0.1, 0.15) is 23.8 Å². The molecule has 13 nitrogen and oxygen atoms in total. The Morgan fingerprint density at radius 3 is 2.50 bits per heavy atom. The van der Waals surface area contributed by atoms with Crippen molar-refractivity contribution in [3.63, 3.8) is 0 Å². The smallest absolute Gasteiger partial charge is 0.293 e. The minimum absolute atomic E-state index is 0.0517. The molecular formula is C41H37ClN6O7S. The van der Waals surface area contributed by atoms with Crippen molar-refractivity contribution < 1.29 is 27.6 Å². The Hall–Kier alpha value is -6.22. The number of ether oxygens (including phenoxy) is 2. The van der Waals surface area contributed by atoms with Gasteiger partial charge >= 0.3 is 0 Å². The van der Waals surface area contributed by atoms with Crippen LogP contribution < -0.4 is 19.7 Å². The molecule has 15 heteroatoms. The number of carbonyl (C=O) groups is 1. The van der Waals surface area contributed by atoms with E-state index in [9.17, 15) is 23.3 Å². The largest absolute Gasteiger partial charge is 0.497 e. The van der Waals surface area contributed by atoms with Crippen LogP contribution in [-0.2, 0) is 21.3 Å². The van der Waals surface area contributed by atoms with E-state index in [1.807, 2.05) is 42.5 Å². The maximum Gasteiger partial charge on any atom is 0.293 e. The van der Waals surface area contributed by atoms with E-state index in [0.717, 1.165) is 48.1 Å². The van der Waals surface area contributed by atoms with Gasteiger partial charge in [-0.05, 0) is 82.9 Å². The van der Waals surface area contributed by atoms with Crippen LogP contribution in [-0.4, -0.2) is 68.5 Å². The van der Waals surface area contributed by atoms with Crippen LogP contribution in [0.3, 0.4) is 0 Å². The van der Waals surface area contributed by atoms with E-state index in [0.29, 0.717) is 30.5 Å². The minimum Gasteiger partial charge on any atom is -0.497 e. The Kier molecular flexibility index (Phi) is 11.6. The van der Waals surface area contributed by atoms with Gasteiger partial charge in [0.05, 0.1) is 27.8 Å². The summed E-state index contributed by atoms with van der Waals surface area (Å²) < 4.78 is 40.3. The molecule has 0 spiro atoms. The molecule has 0 aliphatic carbocycles. The van der Waals surface area contributed by atoms with Crippen LogP contribution in [0.5, 0.6) is 11.5 Å². The van der Waals surface area contributed by atoms with Crippen LogP contribution in [0.15, 0.2) is 138 Å². The number of aromatic nitrogens is 1. The number of hydrogen-bond donors (Lipinski definition) is 2. The second-order valence-corrected chi connectivity index (χ2v) is 15.2. The molecule has 5 aromatic rings. The average molecular weight is 793 g/mol. The third-order valence-electron chi connectivity index (χ3n) is 9.38. The van der Waals surface area contributed by atoms with Crippen LogP contribution in [0.1, 0.15) is 15.9 Å². The predicted molar refractivity (Wildman–Crippen MR) is 215 cm³/mol. The van der Waals surface area contributed by atoms with Gasteiger partial charge < -0.3 is 19.7 Å². The number of nitrogens with zero attached hydrogens (tertiary/aromatic N) is 4. The lowest BCUT2D eigenvalue weighted by Gasteiger charge is -2.36. The molecule has 286 valence electrons. The number of nitro benzene ring substituents is 1. The standard InChI is InChI=1S/C41H37ClN6O7S/c42-32-9-7-30(8-10-32)36-6-2-1-4-31(36)28-46-18-20-47(21-19-46)33-11-13-37(40(24-33)55-34-5-3-17-43-27-34)41(49)45-56(52,53)35-12-14-38(39(25-35)48(50)51)44-26-29-15-22-54-23-16-29/h1-17,22,24-25,27,44H,18-21,23,26,28H2,(H,45,49). The molecule has 7 rings (SSSR count). The number of halogens is 1. The first-order chi connectivity index (χ1) is 27.1. The molecule has 0 saturated carbocycles. The number of benzene rings is 4. The molecule has 0 bridgehead atoms. The van der Waals surface area contributed by atoms with Gasteiger partial charge in [0.2, 0.25) is 0 Å². The Labute approximate surface area is 329 Å². The molecule has 3 heterocycles. The van der Waals surface area contributed by atoms with Crippen molar-refractivity contribution in [2.75, 3.05) is 49.5 Å². The van der Waals surface area contributed by atoms with Crippen LogP contribution in [0.4, 0.5) is 17.1 Å². The summed E-state index contributed by atoms with van der Waals surface area (Å²) in [5.74, 6) is -0.510. The average Bonchev–Trinajstić information content (AvgIpc) is 3.21. The number of nitrogens with one attached hydrogen (secondary N) is 2. The molecule has 4 aromatic carbocycles. The summed E-state index contributed by atoms with van der Waals surface area (Å²) in [6, 6.07) is 27.9. The fourth-order valence-electron chi connectivity index (χ4n) is 6.45. The molecule has 2 aliphatic heterocycles. The first-order valence-corrected chi connectivity index (χ1v) is 19.6. The SMILES string of the molecule is O=C(NS(=O)(=O)c1ccc(NCC2=CCOC=C2)c([N+](=O)[O-])c1)c1ccc(N2CCN(Cc3ccccc3-c3ccc(Cl)cc3)CC2)cc1Oc1cccnc1. The summed E-state index contributed by atoms with van der Waals surface area (Å²) in [5.41, 5.74) is 4.71. The maximum atomic E-state index is 13.7. The molecule has 0 atom stereocenters. The number of anilines is 2. The van der Waals surface area contributed by atoms with Crippen molar-refractivity contribution in [1.29, 1.82) is 0 Å². The molecular weight excluding hydrogens is 756 g/mol. The molecule has 2 N–H and O–H groups in total. The first kappa shape index (κ1) is 38.1. The Bertz CT molecular complexity index is 2400. The van der Waals surface area contributed by atoms with E-state index in [1.165, 1.54) is 36.2 Å². The number of nitro groups is 1. The van der Waals surface area contributed by atoms with E-state index in [4.69, 9.17) is 21.1 Å². The molecule has 0 radical (unpaired) electrons. The Balaban J connectivity index is 1.06. The van der Waals surface area contributed by atoms with Crippen molar-refractivity contribution in [1.82, 2.24) is 14.6 Å². The molecule has 1 fully saturated rings. The monoisotopic (exact) mass is 792 g/mol. The lowest BCUT2D eigenvalue weighted by Crippen LogP contribution is -2.46. The van der Waals surface area contributed by atoms with E-state index >= 15 is 0 Å². The zero-order valence-electron chi connectivity index (χ0n) is 30.0. The van der Waals surface area contributed by atoms with E-state index < -0.39 is 31.4 Å². The summed E-state index contributed by atoms with van der Waals surface area (Å²) in [6.45, 7) is 4.35. The van der Waals surface area contributed by atoms with Crippen LogP contribution in [0, 0.1) is 10.1 Å². The van der Waals surface area contributed by atoms with Crippen molar-refractivity contribution in [3.8, 4) is 22.6 Å². The van der Waals surface area contributed by atoms with Gasteiger partial charge in [-0.2, -0.15) is 0 Å². The molecule has 1 saturated heterocycles. The van der Waals surface area contributed by atoms with Crippen molar-refractivity contribution in [2.45, 2.75) is 11.4 Å². The van der Waals surface area contributed by atoms with Gasteiger partial charge in [0.15, 0.2) is 0 Å². The number of sulfonamides is 1. The van der Waals surface area contributed by atoms with Crippen LogP contribution in [0.2, 0.25) is 5.02 Å². The van der Waals surface area contributed by atoms with Gasteiger partial charge in [0, 0.05) is 68.3 Å². The van der Waals surface area contributed by atoms with Crippen molar-refractivity contribution in [2.24, 2.45) is 0 Å². The predicted octanol–water partition coefficient (Wildman–Crippen LogP) is 7.43. The summed E-state index contributed by atoms with van der Waals surface area (Å²) in [4.78, 5) is 33.2. The van der Waals surface area contributed by atoms with Gasteiger partial charge in [-0.1, -0.05) is 48.0 Å². The van der Waals surface area contributed by atoms with E-state index in [2.05, 4.69) is 37.0 Å². The van der Waals surface area contributed by atoms with Gasteiger partial charge in [-0.3, -0.25) is 24.8 Å². The third-order valence-corrected chi connectivity index (χ3v) is 11.0. The number of carbonyl (C=O) groups excluding carboxylic acids is 1. The Morgan fingerprint density at radius 2 is 1.77 bits per heavy atom. The minimum atomic E-state index is -4.55. The zero-order valence-corrected chi connectivity index (χ0v) is 31.6. The molecule has 1 aromatic heterocycles. The third kappa shape index (κ3) is 9.17. The van der Waals surface area contributed by atoms with Crippen LogP contribution >= 0.6 is 11.6 Å². The highest BCUT2D eigenvalue weighted by Gasteiger charge is 2.27. The topological polar surface area (TPSA) is 156 Å².